The van der Waals surface area contributed by atoms with Crippen LogP contribution in [0.4, 0.5) is 0 Å². The molecule has 0 radical (unpaired) electrons. The second-order valence-electron chi connectivity index (χ2n) is 8.51. The van der Waals surface area contributed by atoms with Crippen LogP contribution in [0, 0.1) is 0 Å². The van der Waals surface area contributed by atoms with Crippen molar-refractivity contribution >= 4 is 15.9 Å². The van der Waals surface area contributed by atoms with Gasteiger partial charge in [-0.2, -0.15) is 4.31 Å². The van der Waals surface area contributed by atoms with Crippen molar-refractivity contribution in [2.75, 3.05) is 47.1 Å². The summed E-state index contributed by atoms with van der Waals surface area (Å²) in [5.74, 6) is 1.53. The second-order valence-corrected chi connectivity index (χ2v) is 10.5. The van der Waals surface area contributed by atoms with E-state index in [-0.39, 0.29) is 16.8 Å². The van der Waals surface area contributed by atoms with Crippen LogP contribution in [0.3, 0.4) is 0 Å². The Balaban J connectivity index is 1.39. The van der Waals surface area contributed by atoms with Crippen LogP contribution >= 0.6 is 0 Å². The molecule has 2 fully saturated rings. The molecule has 2 aliphatic rings. The highest BCUT2D eigenvalue weighted by Crippen LogP contribution is 2.39. The lowest BCUT2D eigenvalue weighted by molar-refractivity contribution is -0.132. The van der Waals surface area contributed by atoms with Crippen molar-refractivity contribution in [2.45, 2.75) is 36.6 Å². The Labute approximate surface area is 201 Å². The van der Waals surface area contributed by atoms with Crippen molar-refractivity contribution < 1.29 is 27.4 Å². The Hall–Kier alpha value is -2.62. The number of carbonyl (C=O) groups excluding carboxylic acids is 1. The van der Waals surface area contributed by atoms with E-state index in [1.807, 2.05) is 23.1 Å². The smallest absolute Gasteiger partial charge is 0.243 e. The summed E-state index contributed by atoms with van der Waals surface area (Å²) < 4.78 is 43.1. The van der Waals surface area contributed by atoms with Gasteiger partial charge in [0.15, 0.2) is 0 Å². The van der Waals surface area contributed by atoms with Gasteiger partial charge in [0, 0.05) is 37.7 Å². The second kappa shape index (κ2) is 10.8. The molecule has 4 rings (SSSR count). The number of likely N-dealkylation sites (tertiary alicyclic amines) is 1. The summed E-state index contributed by atoms with van der Waals surface area (Å²) in [4.78, 5) is 15.3. The maximum atomic E-state index is 13.1. The normalized spacial score (nSPS) is 19.2. The van der Waals surface area contributed by atoms with Crippen molar-refractivity contribution in [3.8, 4) is 11.5 Å². The van der Waals surface area contributed by atoms with Crippen LogP contribution in [0.1, 0.15) is 36.4 Å². The van der Waals surface area contributed by atoms with E-state index >= 15 is 0 Å². The van der Waals surface area contributed by atoms with E-state index < -0.39 is 10.0 Å². The molecule has 0 spiro atoms. The van der Waals surface area contributed by atoms with E-state index in [2.05, 4.69) is 0 Å². The van der Waals surface area contributed by atoms with Crippen LogP contribution < -0.4 is 9.47 Å². The van der Waals surface area contributed by atoms with Gasteiger partial charge in [0.05, 0.1) is 38.4 Å². The Morgan fingerprint density at radius 3 is 2.44 bits per heavy atom. The summed E-state index contributed by atoms with van der Waals surface area (Å²) in [5.41, 5.74) is 1.93. The molecule has 0 unspecified atom stereocenters. The molecule has 1 atom stereocenters. The van der Waals surface area contributed by atoms with Crippen molar-refractivity contribution in [3.05, 3.63) is 53.6 Å². The van der Waals surface area contributed by atoms with Gasteiger partial charge >= 0.3 is 0 Å². The molecule has 0 bridgehead atoms. The summed E-state index contributed by atoms with van der Waals surface area (Å²) in [6.07, 6.45) is 2.76. The molecule has 0 aliphatic carbocycles. The van der Waals surface area contributed by atoms with E-state index in [1.165, 1.54) is 4.31 Å². The molecule has 0 N–H and O–H groups in total. The number of carbonyl (C=O) groups is 1. The first kappa shape index (κ1) is 24.5. The summed E-state index contributed by atoms with van der Waals surface area (Å²) in [7, 11) is -0.273. The third-order valence-corrected chi connectivity index (χ3v) is 8.44. The molecule has 2 aromatic carbocycles. The molecule has 184 valence electrons. The third-order valence-electron chi connectivity index (χ3n) is 6.53. The molecule has 2 aliphatic heterocycles. The van der Waals surface area contributed by atoms with Crippen LogP contribution in [0.2, 0.25) is 0 Å². The summed E-state index contributed by atoms with van der Waals surface area (Å²) >= 11 is 0. The lowest BCUT2D eigenvalue weighted by Gasteiger charge is -2.27. The molecule has 9 heteroatoms. The average Bonchev–Trinajstić information content (AvgIpc) is 3.37. The molecular weight excluding hydrogens is 456 g/mol. The Morgan fingerprint density at radius 2 is 1.76 bits per heavy atom. The fourth-order valence-electron chi connectivity index (χ4n) is 4.64. The van der Waals surface area contributed by atoms with E-state index in [0.29, 0.717) is 39.1 Å². The van der Waals surface area contributed by atoms with E-state index in [4.69, 9.17) is 14.2 Å². The molecular formula is C25H32N2O6S. The minimum atomic E-state index is -3.52. The van der Waals surface area contributed by atoms with Gasteiger partial charge in [0.1, 0.15) is 11.5 Å². The largest absolute Gasteiger partial charge is 0.497 e. The van der Waals surface area contributed by atoms with Crippen LogP contribution in [0.15, 0.2) is 47.4 Å². The van der Waals surface area contributed by atoms with Crippen molar-refractivity contribution in [3.63, 3.8) is 0 Å². The predicted molar refractivity (Wildman–Crippen MR) is 128 cm³/mol. The van der Waals surface area contributed by atoms with Gasteiger partial charge in [-0.1, -0.05) is 12.1 Å². The van der Waals surface area contributed by atoms with Crippen LogP contribution in [0.25, 0.3) is 0 Å². The third kappa shape index (κ3) is 5.21. The standard InChI is InChI=1S/C25H32N2O6S/c1-31-20-8-11-22(24(18-20)32-2)23-4-3-13-27(23)25(28)12-7-19-5-9-21(10-6-19)34(29,30)26-14-16-33-17-15-26/h5-6,8-11,18,23H,3-4,7,12-17H2,1-2H3/t23-/m1/s1. The Morgan fingerprint density at radius 1 is 1.03 bits per heavy atom. The molecule has 34 heavy (non-hydrogen) atoms. The van der Waals surface area contributed by atoms with Crippen LogP contribution in [0.5, 0.6) is 11.5 Å². The number of aryl methyl sites for hydroxylation is 1. The number of benzene rings is 2. The van der Waals surface area contributed by atoms with Gasteiger partial charge in [0.25, 0.3) is 0 Å². The Kier molecular flexibility index (Phi) is 7.75. The number of hydrogen-bond donors (Lipinski definition) is 0. The topological polar surface area (TPSA) is 85.4 Å². The molecule has 0 aromatic heterocycles. The van der Waals surface area contributed by atoms with Gasteiger partial charge in [-0.25, -0.2) is 8.42 Å². The maximum absolute atomic E-state index is 13.1. The SMILES string of the molecule is COc1ccc([C@H]2CCCN2C(=O)CCc2ccc(S(=O)(=O)N3CCOCC3)cc2)c(OC)c1. The van der Waals surface area contributed by atoms with Gasteiger partial charge in [-0.05, 0) is 49.1 Å². The zero-order valence-electron chi connectivity index (χ0n) is 19.7. The van der Waals surface area contributed by atoms with Gasteiger partial charge in [-0.15, -0.1) is 0 Å². The fourth-order valence-corrected chi connectivity index (χ4v) is 6.05. The van der Waals surface area contributed by atoms with Gasteiger partial charge < -0.3 is 19.1 Å². The summed E-state index contributed by atoms with van der Waals surface area (Å²) in [5, 5.41) is 0. The quantitative estimate of drug-likeness (QED) is 0.568. The summed E-state index contributed by atoms with van der Waals surface area (Å²) in [6, 6.07) is 12.6. The molecule has 1 amide bonds. The number of ether oxygens (including phenoxy) is 3. The monoisotopic (exact) mass is 488 g/mol. The highest BCUT2D eigenvalue weighted by atomic mass is 32.2. The van der Waals surface area contributed by atoms with E-state index in [1.54, 1.807) is 38.5 Å². The fraction of sp³-hybridized carbons (Fsp3) is 0.480. The minimum Gasteiger partial charge on any atom is -0.497 e. The average molecular weight is 489 g/mol. The Bertz CT molecular complexity index is 1100. The molecule has 2 saturated heterocycles. The van der Waals surface area contributed by atoms with Crippen molar-refractivity contribution in [2.24, 2.45) is 0 Å². The number of hydrogen-bond acceptors (Lipinski definition) is 6. The van der Waals surface area contributed by atoms with Gasteiger partial charge in [0.2, 0.25) is 15.9 Å². The number of amides is 1. The lowest BCUT2D eigenvalue weighted by Crippen LogP contribution is -2.40. The molecule has 2 heterocycles. The maximum Gasteiger partial charge on any atom is 0.243 e. The minimum absolute atomic E-state index is 0.0191. The van der Waals surface area contributed by atoms with Crippen LogP contribution in [-0.2, 0) is 26.0 Å². The number of methoxy groups -OCH3 is 2. The number of rotatable bonds is 8. The number of morpholine rings is 1. The first-order valence-electron chi connectivity index (χ1n) is 11.6. The summed E-state index contributed by atoms with van der Waals surface area (Å²) in [6.45, 7) is 2.29. The van der Waals surface area contributed by atoms with Crippen molar-refractivity contribution in [1.29, 1.82) is 0 Å². The highest BCUT2D eigenvalue weighted by molar-refractivity contribution is 7.89. The van der Waals surface area contributed by atoms with Crippen LogP contribution in [-0.4, -0.2) is 70.6 Å². The first-order chi connectivity index (χ1) is 16.4. The van der Waals surface area contributed by atoms with E-state index in [0.717, 1.165) is 42.0 Å². The zero-order valence-corrected chi connectivity index (χ0v) is 20.6. The molecule has 0 saturated carbocycles. The van der Waals surface area contributed by atoms with Crippen molar-refractivity contribution in [1.82, 2.24) is 9.21 Å². The highest BCUT2D eigenvalue weighted by Gasteiger charge is 2.32. The lowest BCUT2D eigenvalue weighted by atomic mass is 10.0. The zero-order chi connectivity index (χ0) is 24.1. The predicted octanol–water partition coefficient (Wildman–Crippen LogP) is 3.02. The number of sulfonamides is 1. The molecule has 2 aromatic rings. The molecule has 8 nitrogen and oxygen atoms in total. The van der Waals surface area contributed by atoms with Gasteiger partial charge in [-0.3, -0.25) is 4.79 Å². The number of nitrogens with zero attached hydrogens (tertiary/aromatic N) is 2. The van der Waals surface area contributed by atoms with E-state index in [9.17, 15) is 13.2 Å². The first-order valence-corrected chi connectivity index (χ1v) is 13.1.